The van der Waals surface area contributed by atoms with Crippen LogP contribution in [-0.4, -0.2) is 40.2 Å². The number of benzene rings is 1. The van der Waals surface area contributed by atoms with E-state index in [9.17, 15) is 19.4 Å². The molecule has 0 bridgehead atoms. The summed E-state index contributed by atoms with van der Waals surface area (Å²) >= 11 is 0. The molecule has 0 radical (unpaired) electrons. The summed E-state index contributed by atoms with van der Waals surface area (Å²) in [5.41, 5.74) is -0.0291. The zero-order valence-corrected chi connectivity index (χ0v) is 10.1. The van der Waals surface area contributed by atoms with Crippen molar-refractivity contribution >= 4 is 5.91 Å². The summed E-state index contributed by atoms with van der Waals surface area (Å²) in [5.74, 6) is -1.19. The minimum absolute atomic E-state index is 0.0154. The molecule has 2 unspecified atom stereocenters. The van der Waals surface area contributed by atoms with Crippen LogP contribution in [0.3, 0.4) is 0 Å². The number of aromatic hydroxyl groups is 1. The van der Waals surface area contributed by atoms with E-state index in [1.807, 2.05) is 6.92 Å². The summed E-state index contributed by atoms with van der Waals surface area (Å²) in [6, 6.07) is 3.31. The molecule has 1 aliphatic heterocycles. The van der Waals surface area contributed by atoms with Crippen molar-refractivity contribution in [3.63, 3.8) is 0 Å². The van der Waals surface area contributed by atoms with E-state index in [1.54, 1.807) is 0 Å². The fourth-order valence-corrected chi connectivity index (χ4v) is 2.17. The van der Waals surface area contributed by atoms with Gasteiger partial charge in [0.05, 0.1) is 11.7 Å². The monoisotopic (exact) mass is 253 g/mol. The van der Waals surface area contributed by atoms with Crippen LogP contribution in [-0.2, 0) is 0 Å². The number of carbonyl (C=O) groups is 1. The number of phenolic OH excluding ortho intramolecular Hbond substituents is 1. The van der Waals surface area contributed by atoms with E-state index < -0.39 is 17.8 Å². The molecule has 1 aromatic rings. The van der Waals surface area contributed by atoms with Gasteiger partial charge in [-0.15, -0.1) is 0 Å². The van der Waals surface area contributed by atoms with E-state index in [4.69, 9.17) is 0 Å². The third-order valence-electron chi connectivity index (χ3n) is 3.34. The highest BCUT2D eigenvalue weighted by atomic mass is 19.1. The lowest BCUT2D eigenvalue weighted by Crippen LogP contribution is -2.45. The maximum Gasteiger partial charge on any atom is 0.257 e. The van der Waals surface area contributed by atoms with Gasteiger partial charge in [-0.2, -0.15) is 0 Å². The van der Waals surface area contributed by atoms with E-state index in [0.717, 1.165) is 12.1 Å². The van der Waals surface area contributed by atoms with Crippen LogP contribution in [0.2, 0.25) is 0 Å². The Morgan fingerprint density at radius 1 is 1.50 bits per heavy atom. The molecule has 4 nitrogen and oxygen atoms in total. The van der Waals surface area contributed by atoms with Gasteiger partial charge >= 0.3 is 0 Å². The molecular formula is C13H16FNO3. The minimum Gasteiger partial charge on any atom is -0.507 e. The number of rotatable bonds is 1. The highest BCUT2D eigenvalue weighted by molar-refractivity contribution is 5.96. The highest BCUT2D eigenvalue weighted by Crippen LogP contribution is 2.23. The van der Waals surface area contributed by atoms with E-state index in [0.29, 0.717) is 19.5 Å². The van der Waals surface area contributed by atoms with Crippen molar-refractivity contribution in [1.29, 1.82) is 0 Å². The molecule has 0 aromatic heterocycles. The number of amides is 1. The largest absolute Gasteiger partial charge is 0.507 e. The van der Waals surface area contributed by atoms with Gasteiger partial charge in [0.25, 0.3) is 5.91 Å². The lowest BCUT2D eigenvalue weighted by molar-refractivity contribution is 0.0296. The van der Waals surface area contributed by atoms with Gasteiger partial charge in [0.1, 0.15) is 11.6 Å². The van der Waals surface area contributed by atoms with Crippen LogP contribution in [0.25, 0.3) is 0 Å². The average molecular weight is 253 g/mol. The fourth-order valence-electron chi connectivity index (χ4n) is 2.17. The second kappa shape index (κ2) is 4.94. The van der Waals surface area contributed by atoms with Crippen LogP contribution in [0.1, 0.15) is 23.7 Å². The number of likely N-dealkylation sites (tertiary alicyclic amines) is 1. The quantitative estimate of drug-likeness (QED) is 0.794. The van der Waals surface area contributed by atoms with Gasteiger partial charge in [0.15, 0.2) is 0 Å². The van der Waals surface area contributed by atoms with E-state index in [-0.39, 0.29) is 17.2 Å². The third-order valence-corrected chi connectivity index (χ3v) is 3.34. The third kappa shape index (κ3) is 2.46. The molecule has 5 heteroatoms. The number of hydrogen-bond donors (Lipinski definition) is 2. The van der Waals surface area contributed by atoms with Crippen molar-refractivity contribution in [2.24, 2.45) is 5.92 Å². The summed E-state index contributed by atoms with van der Waals surface area (Å²) in [4.78, 5) is 13.7. The van der Waals surface area contributed by atoms with Crippen molar-refractivity contribution < 1.29 is 19.4 Å². The van der Waals surface area contributed by atoms with Gasteiger partial charge in [0, 0.05) is 13.1 Å². The van der Waals surface area contributed by atoms with Crippen molar-refractivity contribution in [2.45, 2.75) is 19.4 Å². The van der Waals surface area contributed by atoms with E-state index >= 15 is 0 Å². The zero-order valence-electron chi connectivity index (χ0n) is 10.1. The molecular weight excluding hydrogens is 237 g/mol. The number of hydrogen-bond acceptors (Lipinski definition) is 3. The Labute approximate surface area is 105 Å². The molecule has 2 N–H and O–H groups in total. The number of aliphatic hydroxyl groups is 1. The second-order valence-corrected chi connectivity index (χ2v) is 4.75. The van der Waals surface area contributed by atoms with E-state index in [2.05, 4.69) is 0 Å². The average Bonchev–Trinajstić information content (AvgIpc) is 2.35. The number of piperidine rings is 1. The Hall–Kier alpha value is -1.62. The molecule has 0 aliphatic carbocycles. The summed E-state index contributed by atoms with van der Waals surface area (Å²) in [7, 11) is 0. The van der Waals surface area contributed by atoms with Crippen LogP contribution >= 0.6 is 0 Å². The Bertz CT molecular complexity index is 464. The topological polar surface area (TPSA) is 60.8 Å². The predicted octanol–water partition coefficient (Wildman–Crippen LogP) is 1.37. The molecule has 2 atom stereocenters. The van der Waals surface area contributed by atoms with Crippen LogP contribution < -0.4 is 0 Å². The summed E-state index contributed by atoms with van der Waals surface area (Å²) < 4.78 is 13.1. The molecule has 98 valence electrons. The molecule has 1 amide bonds. The molecule has 0 spiro atoms. The lowest BCUT2D eigenvalue weighted by atomic mass is 9.96. The summed E-state index contributed by atoms with van der Waals surface area (Å²) in [5, 5.41) is 19.2. The number of aliphatic hydroxyl groups excluding tert-OH is 1. The van der Waals surface area contributed by atoms with Crippen molar-refractivity contribution in [2.75, 3.05) is 13.1 Å². The standard InChI is InChI=1S/C13H16FNO3/c1-8-7-15(5-4-11(8)16)13(18)10-6-9(14)2-3-12(10)17/h2-3,6,8,11,16-17H,4-5,7H2,1H3. The van der Waals surface area contributed by atoms with Crippen molar-refractivity contribution in [3.8, 4) is 5.75 Å². The van der Waals surface area contributed by atoms with Crippen LogP contribution in [0.15, 0.2) is 18.2 Å². The molecule has 1 aromatic carbocycles. The Balaban J connectivity index is 2.19. The number of phenols is 1. The van der Waals surface area contributed by atoms with Gasteiger partial charge in [-0.05, 0) is 30.5 Å². The van der Waals surface area contributed by atoms with Crippen LogP contribution in [0.4, 0.5) is 4.39 Å². The van der Waals surface area contributed by atoms with Gasteiger partial charge < -0.3 is 15.1 Å². The number of halogens is 1. The molecule has 1 fully saturated rings. The smallest absolute Gasteiger partial charge is 0.257 e. The molecule has 1 heterocycles. The highest BCUT2D eigenvalue weighted by Gasteiger charge is 2.28. The van der Waals surface area contributed by atoms with E-state index in [1.165, 1.54) is 11.0 Å². The summed E-state index contributed by atoms with van der Waals surface area (Å²) in [6.07, 6.45) is 0.0957. The fraction of sp³-hybridized carbons (Fsp3) is 0.462. The molecule has 18 heavy (non-hydrogen) atoms. The first-order chi connectivity index (χ1) is 8.49. The van der Waals surface area contributed by atoms with Gasteiger partial charge in [-0.25, -0.2) is 4.39 Å². The van der Waals surface area contributed by atoms with Gasteiger partial charge in [-0.1, -0.05) is 6.92 Å². The SMILES string of the molecule is CC1CN(C(=O)c2cc(F)ccc2O)CCC1O. The van der Waals surface area contributed by atoms with Gasteiger partial charge in [-0.3, -0.25) is 4.79 Å². The normalized spacial score (nSPS) is 24.1. The lowest BCUT2D eigenvalue weighted by Gasteiger charge is -2.34. The molecule has 1 aliphatic rings. The Kier molecular flexibility index (Phi) is 3.52. The first kappa shape index (κ1) is 12.8. The zero-order chi connectivity index (χ0) is 13.3. The maximum atomic E-state index is 13.1. The van der Waals surface area contributed by atoms with Crippen LogP contribution in [0, 0.1) is 11.7 Å². The Morgan fingerprint density at radius 2 is 2.22 bits per heavy atom. The van der Waals surface area contributed by atoms with Crippen molar-refractivity contribution in [1.82, 2.24) is 4.90 Å². The van der Waals surface area contributed by atoms with Crippen molar-refractivity contribution in [3.05, 3.63) is 29.6 Å². The predicted molar refractivity (Wildman–Crippen MR) is 63.8 cm³/mol. The number of nitrogens with zero attached hydrogens (tertiary/aromatic N) is 1. The van der Waals surface area contributed by atoms with Gasteiger partial charge in [0.2, 0.25) is 0 Å². The minimum atomic E-state index is -0.554. The first-order valence-electron chi connectivity index (χ1n) is 5.95. The van der Waals surface area contributed by atoms with Crippen LogP contribution in [0.5, 0.6) is 5.75 Å². The molecule has 0 saturated carbocycles. The maximum absolute atomic E-state index is 13.1. The second-order valence-electron chi connectivity index (χ2n) is 4.75. The first-order valence-corrected chi connectivity index (χ1v) is 5.95. The number of carbonyl (C=O) groups excluding carboxylic acids is 1. The molecule has 2 rings (SSSR count). The Morgan fingerprint density at radius 3 is 2.89 bits per heavy atom. The molecule has 1 saturated heterocycles. The summed E-state index contributed by atoms with van der Waals surface area (Å²) in [6.45, 7) is 2.69.